The van der Waals surface area contributed by atoms with Gasteiger partial charge in [-0.05, 0) is 35.8 Å². The summed E-state index contributed by atoms with van der Waals surface area (Å²) in [7, 11) is 0. The van der Waals surface area contributed by atoms with Gasteiger partial charge in [0.1, 0.15) is 23.3 Å². The van der Waals surface area contributed by atoms with Gasteiger partial charge in [0.2, 0.25) is 5.76 Å². The molecule has 3 rings (SSSR count). The first-order valence-corrected chi connectivity index (χ1v) is 8.86. The van der Waals surface area contributed by atoms with Gasteiger partial charge in [-0.15, -0.1) is 11.3 Å². The molecule has 0 aliphatic rings. The normalized spacial score (nSPS) is 12.0. The number of halogens is 2. The number of anilines is 1. The predicted octanol–water partition coefficient (Wildman–Crippen LogP) is 5.32. The molecule has 130 valence electrons. The van der Waals surface area contributed by atoms with E-state index >= 15 is 0 Å². The Hall–Kier alpha value is -2.26. The van der Waals surface area contributed by atoms with Crippen molar-refractivity contribution in [2.45, 2.75) is 20.0 Å². The summed E-state index contributed by atoms with van der Waals surface area (Å²) in [6.07, 6.45) is 0.127. The highest BCUT2D eigenvalue weighted by Crippen LogP contribution is 2.36. The Bertz CT molecular complexity index is 912. The van der Waals surface area contributed by atoms with Crippen LogP contribution < -0.4 is 5.32 Å². The number of carbonyl (C=O) groups excluding carboxylic acids is 1. The van der Waals surface area contributed by atoms with Gasteiger partial charge in [-0.2, -0.15) is 0 Å². The summed E-state index contributed by atoms with van der Waals surface area (Å²) in [5.41, 5.74) is 1.18. The lowest BCUT2D eigenvalue weighted by molar-refractivity contribution is 0.119. The van der Waals surface area contributed by atoms with Crippen LogP contribution in [-0.2, 0) is 4.74 Å². The van der Waals surface area contributed by atoms with Gasteiger partial charge < -0.3 is 9.26 Å². The van der Waals surface area contributed by atoms with E-state index in [1.54, 1.807) is 38.2 Å². The molecule has 0 aliphatic carbocycles. The van der Waals surface area contributed by atoms with Gasteiger partial charge >= 0.3 is 6.09 Å². The molecule has 0 saturated heterocycles. The average molecular weight is 426 g/mol. The van der Waals surface area contributed by atoms with Gasteiger partial charge in [0.05, 0.1) is 11.1 Å². The van der Waals surface area contributed by atoms with E-state index < -0.39 is 18.0 Å². The van der Waals surface area contributed by atoms with Crippen LogP contribution in [0.5, 0.6) is 0 Å². The van der Waals surface area contributed by atoms with Gasteiger partial charge in [0.25, 0.3) is 0 Å². The summed E-state index contributed by atoms with van der Waals surface area (Å²) in [6, 6.07) is 6.14. The van der Waals surface area contributed by atoms with Crippen molar-refractivity contribution in [2.24, 2.45) is 0 Å². The minimum Gasteiger partial charge on any atom is -0.441 e. The molecule has 0 fully saturated rings. The fourth-order valence-electron chi connectivity index (χ4n) is 2.20. The smallest absolute Gasteiger partial charge is 0.412 e. The third-order valence-corrected chi connectivity index (χ3v) is 4.89. The van der Waals surface area contributed by atoms with Crippen LogP contribution in [0.25, 0.3) is 10.6 Å². The number of hydrogen-bond acceptors (Lipinski definition) is 6. The Kier molecular flexibility index (Phi) is 5.14. The first kappa shape index (κ1) is 17.6. The number of nitrogens with zero attached hydrogens (tertiary/aromatic N) is 2. The van der Waals surface area contributed by atoms with E-state index in [-0.39, 0.29) is 0 Å². The van der Waals surface area contributed by atoms with Crippen LogP contribution in [0.3, 0.4) is 0 Å². The van der Waals surface area contributed by atoms with Crippen molar-refractivity contribution in [1.82, 2.24) is 10.1 Å². The molecule has 2 aromatic heterocycles. The summed E-state index contributed by atoms with van der Waals surface area (Å²) >= 11 is 4.61. The Morgan fingerprint density at radius 3 is 2.88 bits per heavy atom. The number of amides is 1. The first-order valence-electron chi connectivity index (χ1n) is 7.25. The van der Waals surface area contributed by atoms with E-state index in [4.69, 9.17) is 9.26 Å². The lowest BCUT2D eigenvalue weighted by Gasteiger charge is -2.14. The van der Waals surface area contributed by atoms with Crippen LogP contribution in [0.15, 0.2) is 38.9 Å². The zero-order valence-corrected chi connectivity index (χ0v) is 15.6. The quantitative estimate of drug-likeness (QED) is 0.611. The molecule has 1 unspecified atom stereocenters. The SMILES string of the molecule is Cc1noc(-c2cnc(Br)s2)c1NC(=O)OC(C)c1ccccc1F. The predicted molar refractivity (Wildman–Crippen MR) is 95.0 cm³/mol. The second kappa shape index (κ2) is 7.32. The van der Waals surface area contributed by atoms with Crippen molar-refractivity contribution in [3.63, 3.8) is 0 Å². The van der Waals surface area contributed by atoms with E-state index in [0.29, 0.717) is 31.5 Å². The topological polar surface area (TPSA) is 77.3 Å². The Balaban J connectivity index is 1.76. The number of aryl methyl sites for hydroxylation is 1. The number of ether oxygens (including phenoxy) is 1. The van der Waals surface area contributed by atoms with Crippen molar-refractivity contribution in [2.75, 3.05) is 5.32 Å². The third kappa shape index (κ3) is 3.88. The molecule has 1 atom stereocenters. The third-order valence-electron chi connectivity index (χ3n) is 3.42. The molecule has 0 radical (unpaired) electrons. The number of aromatic nitrogens is 2. The second-order valence-corrected chi connectivity index (χ2v) is 7.45. The molecule has 25 heavy (non-hydrogen) atoms. The molecule has 0 aliphatic heterocycles. The summed E-state index contributed by atoms with van der Waals surface area (Å²) in [5, 5.41) is 6.48. The molecule has 0 spiro atoms. The molecule has 9 heteroatoms. The van der Waals surface area contributed by atoms with Crippen molar-refractivity contribution in [1.29, 1.82) is 0 Å². The molecule has 6 nitrogen and oxygen atoms in total. The van der Waals surface area contributed by atoms with E-state index in [1.165, 1.54) is 17.4 Å². The second-order valence-electron chi connectivity index (χ2n) is 5.14. The molecule has 1 amide bonds. The van der Waals surface area contributed by atoms with Crippen LogP contribution in [0, 0.1) is 12.7 Å². The maximum absolute atomic E-state index is 13.8. The molecule has 2 heterocycles. The van der Waals surface area contributed by atoms with Crippen LogP contribution in [-0.4, -0.2) is 16.2 Å². The van der Waals surface area contributed by atoms with Gasteiger partial charge in [-0.3, -0.25) is 5.32 Å². The van der Waals surface area contributed by atoms with Crippen molar-refractivity contribution < 1.29 is 18.4 Å². The van der Waals surface area contributed by atoms with Gasteiger partial charge in [-0.1, -0.05) is 23.4 Å². The summed E-state index contributed by atoms with van der Waals surface area (Å²) in [5.74, 6) is -0.0460. The number of nitrogens with one attached hydrogen (secondary N) is 1. The van der Waals surface area contributed by atoms with Crippen LogP contribution >= 0.6 is 27.3 Å². The summed E-state index contributed by atoms with van der Waals surface area (Å²) in [4.78, 5) is 17.0. The molecule has 3 aromatic rings. The zero-order valence-electron chi connectivity index (χ0n) is 13.2. The largest absolute Gasteiger partial charge is 0.441 e. The molecular formula is C16H13BrFN3O3S. The Morgan fingerprint density at radius 1 is 1.44 bits per heavy atom. The Labute approximate surface area is 155 Å². The lowest BCUT2D eigenvalue weighted by atomic mass is 10.1. The standard InChI is InChI=1S/C16H13BrFN3O3S/c1-8-13(14(24-21-8)12-7-19-15(17)25-12)20-16(22)23-9(2)10-5-3-4-6-11(10)18/h3-7,9H,1-2H3,(H,20,22). The minimum atomic E-state index is -0.748. The highest BCUT2D eigenvalue weighted by atomic mass is 79.9. The van der Waals surface area contributed by atoms with Gasteiger partial charge in [0, 0.05) is 5.56 Å². The van der Waals surface area contributed by atoms with Gasteiger partial charge in [-0.25, -0.2) is 14.2 Å². The van der Waals surface area contributed by atoms with Crippen molar-refractivity contribution >= 4 is 39.0 Å². The summed E-state index contributed by atoms with van der Waals surface area (Å²) in [6.45, 7) is 3.29. The van der Waals surface area contributed by atoms with E-state index in [9.17, 15) is 9.18 Å². The monoisotopic (exact) mass is 425 g/mol. The molecule has 1 aromatic carbocycles. The first-order chi connectivity index (χ1) is 12.0. The maximum atomic E-state index is 13.8. The molecular weight excluding hydrogens is 413 g/mol. The van der Waals surface area contributed by atoms with Crippen LogP contribution in [0.1, 0.15) is 24.3 Å². The molecule has 0 bridgehead atoms. The average Bonchev–Trinajstić information content (AvgIpc) is 3.14. The van der Waals surface area contributed by atoms with Crippen LogP contribution in [0.2, 0.25) is 0 Å². The van der Waals surface area contributed by atoms with Gasteiger partial charge in [0.15, 0.2) is 3.92 Å². The van der Waals surface area contributed by atoms with E-state index in [1.807, 2.05) is 0 Å². The fraction of sp³-hybridized carbons (Fsp3) is 0.188. The maximum Gasteiger partial charge on any atom is 0.412 e. The number of carbonyl (C=O) groups is 1. The zero-order chi connectivity index (χ0) is 18.0. The minimum absolute atomic E-state index is 0.298. The van der Waals surface area contributed by atoms with Crippen LogP contribution in [0.4, 0.5) is 14.9 Å². The number of thiazole rings is 1. The fourth-order valence-corrected chi connectivity index (χ4v) is 3.45. The number of rotatable bonds is 4. The summed E-state index contributed by atoms with van der Waals surface area (Å²) < 4.78 is 25.0. The van der Waals surface area contributed by atoms with E-state index in [0.717, 1.165) is 0 Å². The highest BCUT2D eigenvalue weighted by Gasteiger charge is 2.22. The number of benzene rings is 1. The lowest BCUT2D eigenvalue weighted by Crippen LogP contribution is -2.17. The Morgan fingerprint density at radius 2 is 2.20 bits per heavy atom. The van der Waals surface area contributed by atoms with Crippen molar-refractivity contribution in [3.05, 3.63) is 51.5 Å². The number of hydrogen-bond donors (Lipinski definition) is 1. The van der Waals surface area contributed by atoms with Crippen molar-refractivity contribution in [3.8, 4) is 10.6 Å². The van der Waals surface area contributed by atoms with E-state index in [2.05, 4.69) is 31.4 Å². The highest BCUT2D eigenvalue weighted by molar-refractivity contribution is 9.11. The molecule has 1 N–H and O–H groups in total. The molecule has 0 saturated carbocycles.